The molecule has 0 aliphatic rings. The molecule has 0 saturated carbocycles. The Morgan fingerprint density at radius 2 is 0.672 bits per heavy atom. The summed E-state index contributed by atoms with van der Waals surface area (Å²) >= 11 is 0. The zero-order chi connectivity index (χ0) is 97.3. The highest BCUT2D eigenvalue weighted by Crippen LogP contribution is 2.15. The van der Waals surface area contributed by atoms with Crippen LogP contribution in [0.2, 0.25) is 0 Å². The monoisotopic (exact) mass is 1810 g/mol. The maximum absolute atomic E-state index is 13.9. The molecule has 0 aliphatic carbocycles. The summed E-state index contributed by atoms with van der Waals surface area (Å²) in [6.45, 7) is 11.3. The predicted octanol–water partition coefficient (Wildman–Crippen LogP) is -12.2. The summed E-state index contributed by atoms with van der Waals surface area (Å²) in [7, 11) is 0. The van der Waals surface area contributed by atoms with Crippen LogP contribution in [0.5, 0.6) is 5.75 Å². The Bertz CT molecular complexity index is 4200. The number of aliphatic hydroxyl groups is 5. The Kier molecular flexibility index (Phi) is 48.0. The number of hydrogen-bond acceptors (Lipinski definition) is 28. The predicted molar refractivity (Wildman–Crippen MR) is 449 cm³/mol. The van der Waals surface area contributed by atoms with Gasteiger partial charge in [0.2, 0.25) is 118 Å². The van der Waals surface area contributed by atoms with E-state index in [2.05, 4.69) is 95.7 Å². The number of carboxylic acid groups (broad SMARTS) is 1. The van der Waals surface area contributed by atoms with Crippen LogP contribution in [-0.4, -0.2) is 315 Å². The van der Waals surface area contributed by atoms with Crippen molar-refractivity contribution in [2.75, 3.05) is 46.0 Å². The molecule has 0 fully saturated rings. The highest BCUT2D eigenvalue weighted by molar-refractivity contribution is 6.02. The van der Waals surface area contributed by atoms with Crippen molar-refractivity contribution in [3.63, 3.8) is 0 Å². The van der Waals surface area contributed by atoms with Gasteiger partial charge in [-0.2, -0.15) is 0 Å². The molecule has 2 aromatic carbocycles. The van der Waals surface area contributed by atoms with E-state index in [0.29, 0.717) is 17.5 Å². The number of benzene rings is 2. The molecule has 0 aliphatic heterocycles. The van der Waals surface area contributed by atoms with E-state index in [9.17, 15) is 131 Å². The van der Waals surface area contributed by atoms with Gasteiger partial charge >= 0.3 is 5.97 Å². The molecule has 2 rings (SSSR count). The minimum atomic E-state index is -1.95. The first-order valence-corrected chi connectivity index (χ1v) is 40.8. The first kappa shape index (κ1) is 111. The fourth-order valence-corrected chi connectivity index (χ4v) is 11.5. The minimum Gasteiger partial charge on any atom is -0.508 e. The second-order valence-corrected chi connectivity index (χ2v) is 31.0. The Hall–Kier alpha value is -13.1. The van der Waals surface area contributed by atoms with E-state index in [1.165, 1.54) is 65.8 Å². The van der Waals surface area contributed by atoms with Gasteiger partial charge in [-0.15, -0.1) is 0 Å². The lowest BCUT2D eigenvalue weighted by atomic mass is 9.96. The van der Waals surface area contributed by atoms with E-state index in [1.54, 1.807) is 58.0 Å². The molecule has 0 radical (unpaired) electrons. The van der Waals surface area contributed by atoms with Crippen molar-refractivity contribution >= 4 is 124 Å². The molecular formula is C79H123N21O28. The Morgan fingerprint density at radius 1 is 0.336 bits per heavy atom. The topological polar surface area (TPSA) is 781 Å². The van der Waals surface area contributed by atoms with Crippen molar-refractivity contribution in [1.29, 1.82) is 0 Å². The Morgan fingerprint density at radius 3 is 1.14 bits per heavy atom. The number of amides is 20. The number of carboxylic acids is 1. The summed E-state index contributed by atoms with van der Waals surface area (Å²) < 4.78 is 0. The number of phenolic OH excluding ortho intramolecular Hbond substituents is 1. The number of aromatic hydroxyl groups is 1. The molecule has 0 bridgehead atoms. The maximum atomic E-state index is 13.9. The number of nitrogens with two attached hydrogens (primary N) is 2. The fourth-order valence-electron chi connectivity index (χ4n) is 11.5. The lowest BCUT2D eigenvalue weighted by Gasteiger charge is -2.28. The maximum Gasteiger partial charge on any atom is 0.322 e. The number of carbonyl (C=O) groups is 21. The van der Waals surface area contributed by atoms with Gasteiger partial charge in [0.15, 0.2) is 0 Å². The zero-order valence-electron chi connectivity index (χ0n) is 73.2. The third-order valence-electron chi connectivity index (χ3n) is 19.1. The summed E-state index contributed by atoms with van der Waals surface area (Å²) in [5, 5.41) is 114. The van der Waals surface area contributed by atoms with Crippen molar-refractivity contribution in [2.24, 2.45) is 29.2 Å². The number of aliphatic carboxylic acids is 1. The van der Waals surface area contributed by atoms with Crippen LogP contribution in [0.3, 0.4) is 0 Å². The fraction of sp³-hybridized carbons (Fsp3) is 0.582. The van der Waals surface area contributed by atoms with Gasteiger partial charge in [0.1, 0.15) is 103 Å². The molecule has 0 aromatic heterocycles. The molecule has 0 spiro atoms. The average Bonchev–Trinajstić information content (AvgIpc) is 0.847. The molecular weight excluding hydrogens is 1690 g/mol. The summed E-state index contributed by atoms with van der Waals surface area (Å²) in [5.41, 5.74) is 11.9. The molecule has 712 valence electrons. The van der Waals surface area contributed by atoms with Crippen LogP contribution in [-0.2, 0) is 114 Å². The molecule has 30 N–H and O–H groups in total. The van der Waals surface area contributed by atoms with Gasteiger partial charge in [0.25, 0.3) is 0 Å². The smallest absolute Gasteiger partial charge is 0.322 e. The molecule has 49 heteroatoms. The van der Waals surface area contributed by atoms with Crippen LogP contribution in [0, 0.1) is 17.8 Å². The van der Waals surface area contributed by atoms with E-state index in [4.69, 9.17) is 16.6 Å². The average molecular weight is 1810 g/mol. The van der Waals surface area contributed by atoms with Crippen molar-refractivity contribution in [1.82, 2.24) is 101 Å². The van der Waals surface area contributed by atoms with Crippen LogP contribution in [0.1, 0.15) is 120 Å². The molecule has 2 aromatic rings. The van der Waals surface area contributed by atoms with Crippen LogP contribution in [0.15, 0.2) is 54.6 Å². The number of rotatable bonds is 55. The van der Waals surface area contributed by atoms with Crippen molar-refractivity contribution in [2.45, 2.75) is 231 Å². The lowest BCUT2D eigenvalue weighted by molar-refractivity contribution is -0.139. The number of nitrogens with one attached hydrogen (secondary N) is 19. The molecule has 0 heterocycles. The molecule has 128 heavy (non-hydrogen) atoms. The van der Waals surface area contributed by atoms with Gasteiger partial charge in [-0.25, -0.2) is 0 Å². The standard InChI is InChI=1S/C79H123N21O28/c1-14-37(6)61(99-75(124)54(34-103)94-64(113)38(7)80)78(127)92-50(25-45-18-16-15-17-19-45)72(121)96-52(32-101)71(120)84-28-56(108)86-39(8)65(114)87-41(10)67(116)95-53(33-102)74(123)91-48(24-35(2)3)69(118)82-29-57(109)90-49(26-46-20-22-47(106)23-21-46)70(119)83-30-58(110)97-63(44(13)105)79(128)93-51(27-55(81)107)73(122)98-60(36(4)5)77(126)89-40(9)66(115)88-42(11)68(117)100-62(43(12)104)76(125)85-31-59(111)112/h15-23,35-44,48-54,60-63,101-106H,14,24-34,80H2,1-13H3,(H2,81,107)(H,82,118)(H,83,119)(H,84,120)(H,85,125)(H,86,108)(H,87,114)(H,88,115)(H,89,126)(H,90,109)(H,91,123)(H,92,127)(H,93,128)(H,94,113)(H,95,116)(H,96,121)(H,97,110)(H,98,122)(H,99,124)(H,100,117)(H,111,112)/t37-,38-,39-,40-,41-,42-,43+,44+,48-,49-,50-,51-,52-,53-,54-,60-,61-,62-,63-/m0/s1. The first-order chi connectivity index (χ1) is 59.9. The molecule has 49 nitrogen and oxygen atoms in total. The summed E-state index contributed by atoms with van der Waals surface area (Å²) in [6.07, 6.45) is -4.56. The Balaban J connectivity index is 2.14. The minimum absolute atomic E-state index is 0.116. The van der Waals surface area contributed by atoms with E-state index in [1.807, 2.05) is 5.32 Å². The van der Waals surface area contributed by atoms with Crippen LogP contribution in [0.25, 0.3) is 0 Å². The van der Waals surface area contributed by atoms with E-state index in [0.717, 1.165) is 20.8 Å². The lowest BCUT2D eigenvalue weighted by Crippen LogP contribution is -2.61. The van der Waals surface area contributed by atoms with Crippen LogP contribution >= 0.6 is 0 Å². The number of primary amides is 1. The second kappa shape index (κ2) is 55.4. The quantitative estimate of drug-likeness (QED) is 0.0292. The highest BCUT2D eigenvalue weighted by atomic mass is 16.4. The SMILES string of the molecule is CC[C@H](C)[C@H](NC(=O)[C@H](CO)NC(=O)[C@H](C)N)C(=O)N[C@@H](Cc1ccccc1)C(=O)N[C@@H](CO)C(=O)NCC(=O)N[C@@H](C)C(=O)N[C@@H](C)C(=O)N[C@@H](CO)C(=O)N[C@@H](CC(C)C)C(=O)NCC(=O)N[C@@H](Cc1ccc(O)cc1)C(=O)NCC(=O)N[C@H](C(=O)N[C@@H](CC(N)=O)C(=O)N[C@H](C(=O)N[C@@H](C)C(=O)N[C@@H](C)C(=O)N[C@H](C(=O)NCC(=O)O)[C@@H](C)O)C(C)C)[C@@H](C)O. The third-order valence-corrected chi connectivity index (χ3v) is 19.1. The van der Waals surface area contributed by atoms with Crippen molar-refractivity contribution < 1.29 is 136 Å². The van der Waals surface area contributed by atoms with Crippen molar-refractivity contribution in [3.8, 4) is 5.75 Å². The number of aliphatic hydroxyl groups excluding tert-OH is 5. The summed E-state index contributed by atoms with van der Waals surface area (Å²) in [4.78, 5) is 278. The van der Waals surface area contributed by atoms with Crippen LogP contribution in [0.4, 0.5) is 0 Å². The normalized spacial score (nSPS) is 15.5. The number of carbonyl (C=O) groups excluding carboxylic acids is 20. The summed E-state index contributed by atoms with van der Waals surface area (Å²) in [5.74, 6) is -24.2. The first-order valence-electron chi connectivity index (χ1n) is 40.8. The van der Waals surface area contributed by atoms with Gasteiger partial charge in [0, 0.05) is 12.8 Å². The molecule has 0 unspecified atom stereocenters. The van der Waals surface area contributed by atoms with E-state index >= 15 is 0 Å². The van der Waals surface area contributed by atoms with Gasteiger partial charge in [-0.05, 0) is 95.9 Å². The zero-order valence-corrected chi connectivity index (χ0v) is 73.2. The van der Waals surface area contributed by atoms with Crippen molar-refractivity contribution in [3.05, 3.63) is 65.7 Å². The van der Waals surface area contributed by atoms with E-state index in [-0.39, 0.29) is 30.9 Å². The molecule has 19 atom stereocenters. The number of hydrogen-bond donors (Lipinski definition) is 28. The largest absolute Gasteiger partial charge is 0.508 e. The molecule has 0 saturated heterocycles. The van der Waals surface area contributed by atoms with Gasteiger partial charge in [0.05, 0.1) is 64.1 Å². The van der Waals surface area contributed by atoms with Gasteiger partial charge < -0.3 is 148 Å². The molecule has 20 amide bonds. The highest BCUT2D eigenvalue weighted by Gasteiger charge is 2.39. The van der Waals surface area contributed by atoms with Crippen LogP contribution < -0.4 is 112 Å². The number of phenols is 1. The van der Waals surface area contributed by atoms with E-state index < -0.39 is 297 Å². The van der Waals surface area contributed by atoms with Gasteiger partial charge in [-0.3, -0.25) is 101 Å². The third kappa shape index (κ3) is 39.6. The Labute approximate surface area is 736 Å². The second-order valence-electron chi connectivity index (χ2n) is 31.0. The van der Waals surface area contributed by atoms with Gasteiger partial charge in [-0.1, -0.05) is 90.4 Å². The summed E-state index contributed by atoms with van der Waals surface area (Å²) in [6, 6.07) is -11.3.